The van der Waals surface area contributed by atoms with E-state index in [1.165, 1.54) is 5.56 Å². The lowest BCUT2D eigenvalue weighted by atomic mass is 10.1. The fourth-order valence-electron chi connectivity index (χ4n) is 2.58. The molecule has 7 heteroatoms. The highest BCUT2D eigenvalue weighted by atomic mass is 16.6. The number of nitrogens with one attached hydrogen (secondary N) is 1. The van der Waals surface area contributed by atoms with E-state index in [9.17, 15) is 0 Å². The van der Waals surface area contributed by atoms with Crippen LogP contribution in [0.5, 0.6) is 11.5 Å². The van der Waals surface area contributed by atoms with Gasteiger partial charge in [-0.1, -0.05) is 11.2 Å². The van der Waals surface area contributed by atoms with Crippen molar-refractivity contribution < 1.29 is 14.0 Å². The minimum atomic E-state index is 0.605. The molecule has 0 fully saturated rings. The summed E-state index contributed by atoms with van der Waals surface area (Å²) in [6.45, 7) is 2.63. The summed E-state index contributed by atoms with van der Waals surface area (Å²) >= 11 is 0. The van der Waals surface area contributed by atoms with E-state index in [0.717, 1.165) is 36.1 Å². The monoisotopic (exact) mass is 330 g/mol. The second-order valence-corrected chi connectivity index (χ2v) is 5.55. The normalized spacial score (nSPS) is 13.7. The molecule has 128 valence electrons. The average Bonchev–Trinajstić information content (AvgIpc) is 3.11. The molecule has 0 saturated heterocycles. The second-order valence-electron chi connectivity index (χ2n) is 5.55. The molecule has 7 nitrogen and oxygen atoms in total. The van der Waals surface area contributed by atoms with Gasteiger partial charge in [0.05, 0.1) is 6.54 Å². The zero-order valence-corrected chi connectivity index (χ0v) is 14.0. The first-order valence-corrected chi connectivity index (χ1v) is 7.96. The van der Waals surface area contributed by atoms with E-state index in [0.29, 0.717) is 19.8 Å². The number of hydrogen-bond donors (Lipinski definition) is 1. The zero-order chi connectivity index (χ0) is 16.8. The van der Waals surface area contributed by atoms with Gasteiger partial charge < -0.3 is 24.2 Å². The number of benzene rings is 1. The average molecular weight is 330 g/mol. The summed E-state index contributed by atoms with van der Waals surface area (Å²) in [7, 11) is 3.74. The van der Waals surface area contributed by atoms with Crippen molar-refractivity contribution in [3.05, 3.63) is 41.8 Å². The van der Waals surface area contributed by atoms with Crippen LogP contribution in [0, 0.1) is 0 Å². The van der Waals surface area contributed by atoms with Crippen molar-refractivity contribution >= 4 is 5.96 Å². The lowest BCUT2D eigenvalue weighted by molar-refractivity contribution is 0.171. The second kappa shape index (κ2) is 7.72. The summed E-state index contributed by atoms with van der Waals surface area (Å²) in [4.78, 5) is 6.30. The third kappa shape index (κ3) is 3.98. The molecule has 0 radical (unpaired) electrons. The molecule has 1 aromatic carbocycles. The van der Waals surface area contributed by atoms with Gasteiger partial charge >= 0.3 is 0 Å². The molecule has 1 aliphatic rings. The van der Waals surface area contributed by atoms with Crippen LogP contribution in [0.4, 0.5) is 0 Å². The Morgan fingerprint density at radius 1 is 1.25 bits per heavy atom. The van der Waals surface area contributed by atoms with Gasteiger partial charge in [0.1, 0.15) is 25.2 Å². The van der Waals surface area contributed by atoms with Crippen molar-refractivity contribution in [3.8, 4) is 11.5 Å². The van der Waals surface area contributed by atoms with Crippen LogP contribution in [-0.4, -0.2) is 49.9 Å². The fraction of sp³-hybridized carbons (Fsp3) is 0.412. The SMILES string of the molecule is CN=C(NCCc1ccc2c(c1)OCCO2)N(C)Cc1ccon1. The third-order valence-corrected chi connectivity index (χ3v) is 3.77. The maximum absolute atomic E-state index is 5.62. The topological polar surface area (TPSA) is 72.1 Å². The molecular weight excluding hydrogens is 308 g/mol. The largest absolute Gasteiger partial charge is 0.486 e. The molecule has 0 amide bonds. The number of fused-ring (bicyclic) bond motifs is 1. The number of hydrogen-bond acceptors (Lipinski definition) is 5. The Kier molecular flexibility index (Phi) is 5.20. The van der Waals surface area contributed by atoms with Crippen molar-refractivity contribution in [1.29, 1.82) is 0 Å². The van der Waals surface area contributed by atoms with Crippen LogP contribution in [0.3, 0.4) is 0 Å². The minimum absolute atomic E-state index is 0.605. The third-order valence-electron chi connectivity index (χ3n) is 3.77. The standard InChI is InChI=1S/C17H22N4O3/c1-18-17(21(2)12-14-6-8-24-20-14)19-7-5-13-3-4-15-16(11-13)23-10-9-22-15/h3-4,6,8,11H,5,7,9-10,12H2,1-2H3,(H,18,19). The highest BCUT2D eigenvalue weighted by Gasteiger charge is 2.12. The summed E-state index contributed by atoms with van der Waals surface area (Å²) in [6, 6.07) is 7.92. The van der Waals surface area contributed by atoms with Gasteiger partial charge in [-0.25, -0.2) is 0 Å². The van der Waals surface area contributed by atoms with Crippen LogP contribution in [0.15, 0.2) is 40.0 Å². The number of rotatable bonds is 5. The zero-order valence-electron chi connectivity index (χ0n) is 14.0. The summed E-state index contributed by atoms with van der Waals surface area (Å²) in [5, 5.41) is 7.27. The molecule has 2 heterocycles. The molecule has 0 spiro atoms. The predicted molar refractivity (Wildman–Crippen MR) is 90.5 cm³/mol. The molecule has 0 aliphatic carbocycles. The Morgan fingerprint density at radius 3 is 2.83 bits per heavy atom. The van der Waals surface area contributed by atoms with Crippen LogP contribution < -0.4 is 14.8 Å². The maximum atomic E-state index is 5.62. The Bertz CT molecular complexity index is 685. The highest BCUT2D eigenvalue weighted by molar-refractivity contribution is 5.79. The summed E-state index contributed by atoms with van der Waals surface area (Å²) in [5.74, 6) is 2.46. The summed E-state index contributed by atoms with van der Waals surface area (Å²) < 4.78 is 16.0. The Hall–Kier alpha value is -2.70. The van der Waals surface area contributed by atoms with Crippen LogP contribution in [0.1, 0.15) is 11.3 Å². The number of aliphatic imine (C=N–C) groups is 1. The molecule has 0 bridgehead atoms. The molecule has 24 heavy (non-hydrogen) atoms. The first-order valence-electron chi connectivity index (χ1n) is 7.96. The maximum Gasteiger partial charge on any atom is 0.193 e. The van der Waals surface area contributed by atoms with Crippen LogP contribution >= 0.6 is 0 Å². The predicted octanol–water partition coefficient (Wildman–Crippen LogP) is 1.70. The van der Waals surface area contributed by atoms with Gasteiger partial charge in [0.25, 0.3) is 0 Å². The molecule has 1 N–H and O–H groups in total. The lowest BCUT2D eigenvalue weighted by Gasteiger charge is -2.21. The van der Waals surface area contributed by atoms with Crippen LogP contribution in [0.2, 0.25) is 0 Å². The molecule has 0 atom stereocenters. The number of nitrogens with zero attached hydrogens (tertiary/aromatic N) is 3. The van der Waals surface area contributed by atoms with E-state index in [1.54, 1.807) is 13.3 Å². The Morgan fingerprint density at radius 2 is 2.08 bits per heavy atom. The first-order chi connectivity index (χ1) is 11.8. The van der Waals surface area contributed by atoms with E-state index in [4.69, 9.17) is 14.0 Å². The van der Waals surface area contributed by atoms with Gasteiger partial charge in [0, 0.05) is 26.7 Å². The van der Waals surface area contributed by atoms with Crippen LogP contribution in [-0.2, 0) is 13.0 Å². The van der Waals surface area contributed by atoms with E-state index < -0.39 is 0 Å². The highest BCUT2D eigenvalue weighted by Crippen LogP contribution is 2.30. The van der Waals surface area contributed by atoms with Gasteiger partial charge in [0.2, 0.25) is 0 Å². The van der Waals surface area contributed by atoms with Crippen molar-refractivity contribution in [2.45, 2.75) is 13.0 Å². The fourth-order valence-corrected chi connectivity index (χ4v) is 2.58. The van der Waals surface area contributed by atoms with Crippen LogP contribution in [0.25, 0.3) is 0 Å². The number of aromatic nitrogens is 1. The van der Waals surface area contributed by atoms with E-state index in [2.05, 4.69) is 21.5 Å². The Labute approximate surface area is 141 Å². The van der Waals surface area contributed by atoms with Gasteiger partial charge in [-0.05, 0) is 24.1 Å². The van der Waals surface area contributed by atoms with Crippen molar-refractivity contribution in [1.82, 2.24) is 15.4 Å². The molecule has 0 unspecified atom stereocenters. The van der Waals surface area contributed by atoms with E-state index in [1.807, 2.05) is 30.1 Å². The van der Waals surface area contributed by atoms with Gasteiger partial charge in [0.15, 0.2) is 17.5 Å². The molecule has 1 aromatic heterocycles. The van der Waals surface area contributed by atoms with Gasteiger partial charge in [-0.15, -0.1) is 0 Å². The first kappa shape index (κ1) is 16.2. The van der Waals surface area contributed by atoms with Crippen molar-refractivity contribution in [2.75, 3.05) is 33.9 Å². The molecule has 2 aromatic rings. The Balaban J connectivity index is 1.51. The molecular formula is C17H22N4O3. The van der Waals surface area contributed by atoms with Gasteiger partial charge in [-0.3, -0.25) is 4.99 Å². The van der Waals surface area contributed by atoms with Crippen molar-refractivity contribution in [2.24, 2.45) is 4.99 Å². The van der Waals surface area contributed by atoms with E-state index >= 15 is 0 Å². The molecule has 1 aliphatic heterocycles. The number of ether oxygens (including phenoxy) is 2. The lowest BCUT2D eigenvalue weighted by Crippen LogP contribution is -2.39. The smallest absolute Gasteiger partial charge is 0.193 e. The van der Waals surface area contributed by atoms with Gasteiger partial charge in [-0.2, -0.15) is 0 Å². The molecule has 0 saturated carbocycles. The quantitative estimate of drug-likeness (QED) is 0.664. The minimum Gasteiger partial charge on any atom is -0.486 e. The summed E-state index contributed by atoms with van der Waals surface area (Å²) in [5.41, 5.74) is 2.06. The number of guanidine groups is 1. The van der Waals surface area contributed by atoms with Crippen molar-refractivity contribution in [3.63, 3.8) is 0 Å². The van der Waals surface area contributed by atoms with E-state index in [-0.39, 0.29) is 0 Å². The molecule has 3 rings (SSSR count). The summed E-state index contributed by atoms with van der Waals surface area (Å²) in [6.07, 6.45) is 2.44.